The fraction of sp³-hybridized carbons (Fsp3) is 0.861. The van der Waals surface area contributed by atoms with Gasteiger partial charge in [0.15, 0.2) is 0 Å². The average molecular weight is 1090 g/mol. The van der Waals surface area contributed by atoms with Crippen LogP contribution in [0.3, 0.4) is 0 Å². The summed E-state index contributed by atoms with van der Waals surface area (Å²) >= 11 is 0. The molecule has 0 saturated heterocycles. The van der Waals surface area contributed by atoms with Gasteiger partial charge >= 0.3 is 5.97 Å². The van der Waals surface area contributed by atoms with Gasteiger partial charge < -0.3 is 20.3 Å². The number of allylic oxidation sites excluding steroid dienone is 7. The number of ether oxygens (including phenoxy) is 1. The third-order valence-corrected chi connectivity index (χ3v) is 16.1. The molecule has 0 aliphatic carbocycles. The van der Waals surface area contributed by atoms with Gasteiger partial charge in [0.1, 0.15) is 0 Å². The topological polar surface area (TPSA) is 95.9 Å². The van der Waals surface area contributed by atoms with Crippen molar-refractivity contribution in [2.45, 2.75) is 386 Å². The fourth-order valence-electron chi connectivity index (χ4n) is 10.7. The lowest BCUT2D eigenvalue weighted by molar-refractivity contribution is -0.143. The number of rotatable bonds is 65. The second kappa shape index (κ2) is 67.3. The number of nitrogens with one attached hydrogen (secondary N) is 1. The fourth-order valence-corrected chi connectivity index (χ4v) is 10.7. The maximum atomic E-state index is 12.5. The van der Waals surface area contributed by atoms with Crippen molar-refractivity contribution in [1.82, 2.24) is 5.32 Å². The molecule has 0 aliphatic rings. The van der Waals surface area contributed by atoms with Crippen LogP contribution < -0.4 is 5.32 Å². The SMILES string of the molecule is CCCCCCCC/C=C\CCCCCCCCCC(=O)OCCCCCCCCCCC/C=C\C/C=C\CCCCCCCCCCCC(=O)NC(CO)C(O)/C=C/CCCCCCCCCCCCCCCCCCC. The summed E-state index contributed by atoms with van der Waals surface area (Å²) in [7, 11) is 0. The van der Waals surface area contributed by atoms with Crippen LogP contribution in [0.2, 0.25) is 0 Å². The highest BCUT2D eigenvalue weighted by molar-refractivity contribution is 5.76. The van der Waals surface area contributed by atoms with Crippen molar-refractivity contribution < 1.29 is 24.5 Å². The van der Waals surface area contributed by atoms with Crippen LogP contribution in [0.15, 0.2) is 48.6 Å². The number of unbranched alkanes of at least 4 members (excludes halogenated alkanes) is 48. The van der Waals surface area contributed by atoms with Gasteiger partial charge in [-0.15, -0.1) is 0 Å². The Kier molecular flexibility index (Phi) is 65.4. The third-order valence-electron chi connectivity index (χ3n) is 16.1. The predicted molar refractivity (Wildman–Crippen MR) is 342 cm³/mol. The molecule has 0 heterocycles. The zero-order chi connectivity index (χ0) is 56.4. The first kappa shape index (κ1) is 75.8. The zero-order valence-corrected chi connectivity index (χ0v) is 52.4. The molecule has 78 heavy (non-hydrogen) atoms. The summed E-state index contributed by atoms with van der Waals surface area (Å²) in [6.07, 6.45) is 87.5. The minimum atomic E-state index is -0.850. The Bertz CT molecular complexity index is 1310. The quantitative estimate of drug-likeness (QED) is 0.0320. The van der Waals surface area contributed by atoms with Crippen LogP contribution in [0.5, 0.6) is 0 Å². The smallest absolute Gasteiger partial charge is 0.305 e. The third kappa shape index (κ3) is 63.0. The van der Waals surface area contributed by atoms with Crippen LogP contribution in [0.4, 0.5) is 0 Å². The van der Waals surface area contributed by atoms with E-state index in [1.807, 2.05) is 6.08 Å². The number of carbonyl (C=O) groups is 2. The van der Waals surface area contributed by atoms with Gasteiger partial charge in [-0.05, 0) is 89.9 Å². The normalized spacial score (nSPS) is 12.8. The van der Waals surface area contributed by atoms with E-state index in [1.165, 1.54) is 295 Å². The highest BCUT2D eigenvalue weighted by Gasteiger charge is 2.18. The number of hydrogen-bond donors (Lipinski definition) is 3. The molecule has 458 valence electrons. The molecule has 3 N–H and O–H groups in total. The van der Waals surface area contributed by atoms with Gasteiger partial charge in [-0.2, -0.15) is 0 Å². The Labute approximate surface area is 486 Å². The Balaban J connectivity index is 3.45. The Morgan fingerprint density at radius 2 is 0.641 bits per heavy atom. The molecule has 0 bridgehead atoms. The van der Waals surface area contributed by atoms with Crippen molar-refractivity contribution in [2.24, 2.45) is 0 Å². The molecule has 2 unspecified atom stereocenters. The summed E-state index contributed by atoms with van der Waals surface area (Å²) in [5, 5.41) is 23.2. The van der Waals surface area contributed by atoms with E-state index in [1.54, 1.807) is 6.08 Å². The summed E-state index contributed by atoms with van der Waals surface area (Å²) in [4.78, 5) is 24.6. The molecule has 0 aromatic carbocycles. The predicted octanol–water partition coefficient (Wildman–Crippen LogP) is 22.5. The number of aliphatic hydroxyl groups is 2. The highest BCUT2D eigenvalue weighted by atomic mass is 16.5. The maximum Gasteiger partial charge on any atom is 0.305 e. The van der Waals surface area contributed by atoms with Crippen LogP contribution in [0.25, 0.3) is 0 Å². The lowest BCUT2D eigenvalue weighted by Crippen LogP contribution is -2.45. The van der Waals surface area contributed by atoms with Crippen molar-refractivity contribution in [3.8, 4) is 0 Å². The lowest BCUT2D eigenvalue weighted by Gasteiger charge is -2.20. The molecule has 0 saturated carbocycles. The Morgan fingerprint density at radius 3 is 0.987 bits per heavy atom. The van der Waals surface area contributed by atoms with E-state index in [2.05, 4.69) is 55.6 Å². The van der Waals surface area contributed by atoms with E-state index in [0.29, 0.717) is 19.4 Å². The average Bonchev–Trinajstić information content (AvgIpc) is 3.44. The molecule has 0 aliphatic heterocycles. The molecule has 0 aromatic heterocycles. The number of amides is 1. The van der Waals surface area contributed by atoms with E-state index in [4.69, 9.17) is 4.74 Å². The maximum absolute atomic E-state index is 12.5. The monoisotopic (exact) mass is 1090 g/mol. The van der Waals surface area contributed by atoms with Crippen LogP contribution in [0.1, 0.15) is 373 Å². The van der Waals surface area contributed by atoms with Gasteiger partial charge in [0.2, 0.25) is 5.91 Å². The van der Waals surface area contributed by atoms with Crippen LogP contribution in [-0.4, -0.2) is 47.4 Å². The van der Waals surface area contributed by atoms with Gasteiger partial charge in [0.05, 0.1) is 25.4 Å². The van der Waals surface area contributed by atoms with Crippen molar-refractivity contribution in [1.29, 1.82) is 0 Å². The molecule has 0 fully saturated rings. The molecule has 2 atom stereocenters. The highest BCUT2D eigenvalue weighted by Crippen LogP contribution is 2.18. The van der Waals surface area contributed by atoms with Crippen LogP contribution in [0, 0.1) is 0 Å². The summed E-state index contributed by atoms with van der Waals surface area (Å²) in [6, 6.07) is -0.634. The van der Waals surface area contributed by atoms with Crippen molar-refractivity contribution in [3.05, 3.63) is 48.6 Å². The van der Waals surface area contributed by atoms with E-state index in [-0.39, 0.29) is 18.5 Å². The summed E-state index contributed by atoms with van der Waals surface area (Å²) in [6.45, 7) is 4.92. The lowest BCUT2D eigenvalue weighted by atomic mass is 10.0. The van der Waals surface area contributed by atoms with Crippen molar-refractivity contribution in [2.75, 3.05) is 13.2 Å². The van der Waals surface area contributed by atoms with Crippen LogP contribution in [-0.2, 0) is 14.3 Å². The minimum Gasteiger partial charge on any atom is -0.466 e. The first-order valence-corrected chi connectivity index (χ1v) is 34.9. The number of carbonyl (C=O) groups excluding carboxylic acids is 2. The number of hydrogen-bond acceptors (Lipinski definition) is 5. The van der Waals surface area contributed by atoms with E-state index >= 15 is 0 Å². The molecule has 0 spiro atoms. The molecular weight excluding hydrogens is 959 g/mol. The number of aliphatic hydroxyl groups excluding tert-OH is 2. The summed E-state index contributed by atoms with van der Waals surface area (Å²) < 4.78 is 5.49. The Morgan fingerprint density at radius 1 is 0.359 bits per heavy atom. The largest absolute Gasteiger partial charge is 0.466 e. The zero-order valence-electron chi connectivity index (χ0n) is 52.4. The van der Waals surface area contributed by atoms with Gasteiger partial charge in [0, 0.05) is 12.8 Å². The van der Waals surface area contributed by atoms with Crippen molar-refractivity contribution >= 4 is 11.9 Å². The van der Waals surface area contributed by atoms with E-state index in [0.717, 1.165) is 51.4 Å². The molecule has 1 amide bonds. The summed E-state index contributed by atoms with van der Waals surface area (Å²) in [5.74, 6) is -0.0663. The van der Waals surface area contributed by atoms with Gasteiger partial charge in [-0.3, -0.25) is 9.59 Å². The first-order chi connectivity index (χ1) is 38.5. The molecular formula is C72H135NO5. The van der Waals surface area contributed by atoms with Crippen molar-refractivity contribution in [3.63, 3.8) is 0 Å². The first-order valence-electron chi connectivity index (χ1n) is 34.9. The second-order valence-electron chi connectivity index (χ2n) is 23.9. The molecule has 0 aromatic rings. The Hall–Kier alpha value is -2.18. The number of esters is 1. The molecule has 0 radical (unpaired) electrons. The van der Waals surface area contributed by atoms with Crippen LogP contribution >= 0.6 is 0 Å². The van der Waals surface area contributed by atoms with E-state index < -0.39 is 12.1 Å². The molecule has 6 nitrogen and oxygen atoms in total. The molecule has 6 heteroatoms. The van der Waals surface area contributed by atoms with Gasteiger partial charge in [-0.1, -0.05) is 319 Å². The van der Waals surface area contributed by atoms with Gasteiger partial charge in [0.25, 0.3) is 0 Å². The second-order valence-corrected chi connectivity index (χ2v) is 23.9. The summed E-state index contributed by atoms with van der Waals surface area (Å²) in [5.41, 5.74) is 0. The minimum absolute atomic E-state index is 0.00541. The standard InChI is InChI=1S/C72H135NO5/c1-3-5-7-9-11-13-15-17-19-21-29-33-36-40-44-48-52-56-60-64-70(75)69(68-74)73-71(76)65-61-57-53-49-45-41-37-34-30-27-25-23-22-24-26-28-31-35-39-43-47-51-55-59-63-67-78-72(77)66-62-58-54-50-46-42-38-32-20-18-16-14-12-10-8-6-4-2/h18,20,23-26,60,64,69-70,74-75H,3-17,19,21-22,27-59,61-63,65-68H2,1-2H3,(H,73,76)/b20-18-,25-23-,26-24-,64-60+. The van der Waals surface area contributed by atoms with E-state index in [9.17, 15) is 19.8 Å². The molecule has 0 rings (SSSR count). The van der Waals surface area contributed by atoms with Gasteiger partial charge in [-0.25, -0.2) is 0 Å².